The first-order chi connectivity index (χ1) is 8.29. The number of rotatable bonds is 6. The highest BCUT2D eigenvalue weighted by atomic mass is 16.5. The van der Waals surface area contributed by atoms with Crippen LogP contribution in [-0.4, -0.2) is 22.7 Å². The van der Waals surface area contributed by atoms with Crippen molar-refractivity contribution >= 4 is 0 Å². The second-order valence-electron chi connectivity index (χ2n) is 4.08. The van der Waals surface area contributed by atoms with Gasteiger partial charge in [0.2, 0.25) is 11.7 Å². The van der Waals surface area contributed by atoms with Gasteiger partial charge in [-0.05, 0) is 26.0 Å². The molecule has 0 bridgehead atoms. The van der Waals surface area contributed by atoms with E-state index in [1.807, 2.05) is 6.07 Å². The predicted octanol–water partition coefficient (Wildman–Crippen LogP) is 2.26. The lowest BCUT2D eigenvalue weighted by Crippen LogP contribution is -2.28. The van der Waals surface area contributed by atoms with E-state index >= 15 is 0 Å². The molecular weight excluding hydrogens is 218 g/mol. The summed E-state index contributed by atoms with van der Waals surface area (Å²) in [6.45, 7) is 5.25. The maximum absolute atomic E-state index is 5.20. The predicted molar refractivity (Wildman–Crippen MR) is 63.5 cm³/mol. The minimum atomic E-state index is 0.340. The van der Waals surface area contributed by atoms with Gasteiger partial charge in [-0.3, -0.25) is 0 Å². The maximum Gasteiger partial charge on any atom is 0.228 e. The van der Waals surface area contributed by atoms with Gasteiger partial charge in [0, 0.05) is 12.5 Å². The van der Waals surface area contributed by atoms with Crippen LogP contribution in [0, 0.1) is 0 Å². The zero-order valence-electron chi connectivity index (χ0n) is 10.1. The van der Waals surface area contributed by atoms with Crippen molar-refractivity contribution in [2.45, 2.75) is 32.7 Å². The Morgan fingerprint density at radius 2 is 2.35 bits per heavy atom. The van der Waals surface area contributed by atoms with Gasteiger partial charge in [-0.1, -0.05) is 12.1 Å². The van der Waals surface area contributed by atoms with E-state index in [1.54, 1.807) is 12.5 Å². The molecule has 17 heavy (non-hydrogen) atoms. The number of hydrogen-bond acceptors (Lipinski definition) is 5. The minimum absolute atomic E-state index is 0.340. The van der Waals surface area contributed by atoms with Crippen molar-refractivity contribution in [2.24, 2.45) is 0 Å². The normalized spacial score (nSPS) is 12.8. The Morgan fingerprint density at radius 3 is 3.06 bits per heavy atom. The van der Waals surface area contributed by atoms with E-state index < -0.39 is 0 Å². The highest BCUT2D eigenvalue weighted by Crippen LogP contribution is 2.16. The third kappa shape index (κ3) is 3.17. The summed E-state index contributed by atoms with van der Waals surface area (Å²) in [6, 6.07) is 2.15. The monoisotopic (exact) mass is 235 g/mol. The van der Waals surface area contributed by atoms with Gasteiger partial charge in [0.25, 0.3) is 0 Å². The zero-order chi connectivity index (χ0) is 12.1. The molecule has 0 saturated carbocycles. The molecule has 0 aromatic carbocycles. The summed E-state index contributed by atoms with van der Waals surface area (Å²) in [5.41, 5.74) is 0.842. The second-order valence-corrected chi connectivity index (χ2v) is 4.08. The van der Waals surface area contributed by atoms with E-state index in [4.69, 9.17) is 8.94 Å². The molecule has 1 N–H and O–H groups in total. The Hall–Kier alpha value is -1.62. The van der Waals surface area contributed by atoms with E-state index in [0.717, 1.165) is 24.9 Å². The van der Waals surface area contributed by atoms with Crippen LogP contribution >= 0.6 is 0 Å². The quantitative estimate of drug-likeness (QED) is 0.832. The summed E-state index contributed by atoms with van der Waals surface area (Å²) in [6.07, 6.45) is 5.06. The fraction of sp³-hybridized carbons (Fsp3) is 0.500. The van der Waals surface area contributed by atoms with Crippen LogP contribution in [0.4, 0.5) is 0 Å². The second kappa shape index (κ2) is 5.63. The molecule has 0 fully saturated rings. The van der Waals surface area contributed by atoms with E-state index in [2.05, 4.69) is 29.3 Å². The summed E-state index contributed by atoms with van der Waals surface area (Å²) < 4.78 is 10.2. The first-order valence-electron chi connectivity index (χ1n) is 5.88. The Labute approximate surface area is 100 Å². The van der Waals surface area contributed by atoms with Crippen LogP contribution in [0.25, 0.3) is 11.4 Å². The number of nitrogens with zero attached hydrogens (tertiary/aromatic N) is 2. The molecule has 0 aliphatic carbocycles. The van der Waals surface area contributed by atoms with Gasteiger partial charge in [0.05, 0.1) is 11.8 Å². The largest absolute Gasteiger partial charge is 0.472 e. The zero-order valence-corrected chi connectivity index (χ0v) is 10.1. The summed E-state index contributed by atoms with van der Waals surface area (Å²) in [5, 5.41) is 7.30. The number of furan rings is 1. The van der Waals surface area contributed by atoms with Crippen LogP contribution in [0.2, 0.25) is 0 Å². The maximum atomic E-state index is 5.20. The number of aromatic nitrogens is 2. The van der Waals surface area contributed by atoms with Crippen molar-refractivity contribution in [2.75, 3.05) is 6.54 Å². The van der Waals surface area contributed by atoms with Crippen molar-refractivity contribution < 1.29 is 8.94 Å². The van der Waals surface area contributed by atoms with Crippen molar-refractivity contribution in [3.05, 3.63) is 24.5 Å². The van der Waals surface area contributed by atoms with Crippen LogP contribution in [-0.2, 0) is 6.42 Å². The molecule has 0 spiro atoms. The lowest BCUT2D eigenvalue weighted by Gasteiger charge is -2.09. The molecule has 2 aromatic rings. The molecule has 0 amide bonds. The van der Waals surface area contributed by atoms with E-state index in [0.29, 0.717) is 17.8 Å². The van der Waals surface area contributed by atoms with E-state index in [1.165, 1.54) is 0 Å². The fourth-order valence-electron chi connectivity index (χ4n) is 1.57. The highest BCUT2D eigenvalue weighted by Gasteiger charge is 2.12. The SMILES string of the molecule is CCCNC(C)Cc1nc(-c2ccoc2)no1. The Kier molecular flexibility index (Phi) is 3.93. The van der Waals surface area contributed by atoms with Gasteiger partial charge in [0.1, 0.15) is 6.26 Å². The van der Waals surface area contributed by atoms with Crippen molar-refractivity contribution in [3.63, 3.8) is 0 Å². The summed E-state index contributed by atoms with van der Waals surface area (Å²) >= 11 is 0. The van der Waals surface area contributed by atoms with Gasteiger partial charge in [-0.15, -0.1) is 0 Å². The number of hydrogen-bond donors (Lipinski definition) is 1. The van der Waals surface area contributed by atoms with Gasteiger partial charge < -0.3 is 14.3 Å². The van der Waals surface area contributed by atoms with Crippen molar-refractivity contribution in [1.82, 2.24) is 15.5 Å². The molecule has 92 valence electrons. The summed E-state index contributed by atoms with van der Waals surface area (Å²) in [4.78, 5) is 4.32. The van der Waals surface area contributed by atoms with Crippen LogP contribution in [0.15, 0.2) is 27.5 Å². The Morgan fingerprint density at radius 1 is 1.47 bits per heavy atom. The van der Waals surface area contributed by atoms with Crippen LogP contribution in [0.3, 0.4) is 0 Å². The Bertz CT molecular complexity index is 436. The van der Waals surface area contributed by atoms with E-state index in [9.17, 15) is 0 Å². The third-order valence-electron chi connectivity index (χ3n) is 2.47. The highest BCUT2D eigenvalue weighted by molar-refractivity contribution is 5.51. The molecule has 0 aliphatic heterocycles. The van der Waals surface area contributed by atoms with Crippen LogP contribution in [0.5, 0.6) is 0 Å². The van der Waals surface area contributed by atoms with Crippen LogP contribution < -0.4 is 5.32 Å². The van der Waals surface area contributed by atoms with E-state index in [-0.39, 0.29) is 0 Å². The van der Waals surface area contributed by atoms with Gasteiger partial charge in [0.15, 0.2) is 0 Å². The molecule has 0 radical (unpaired) electrons. The average molecular weight is 235 g/mol. The molecule has 0 aliphatic rings. The lowest BCUT2D eigenvalue weighted by molar-refractivity contribution is 0.362. The number of nitrogens with one attached hydrogen (secondary N) is 1. The Balaban J connectivity index is 1.94. The standard InChI is InChI=1S/C12H17N3O2/c1-3-5-13-9(2)7-11-14-12(15-17-11)10-4-6-16-8-10/h4,6,8-9,13H,3,5,7H2,1-2H3. The smallest absolute Gasteiger partial charge is 0.228 e. The summed E-state index contributed by atoms with van der Waals surface area (Å²) in [5.74, 6) is 1.23. The first-order valence-corrected chi connectivity index (χ1v) is 5.88. The molecule has 1 unspecified atom stereocenters. The lowest BCUT2D eigenvalue weighted by atomic mass is 10.2. The van der Waals surface area contributed by atoms with Crippen molar-refractivity contribution in [3.8, 4) is 11.4 Å². The fourth-order valence-corrected chi connectivity index (χ4v) is 1.57. The molecule has 0 saturated heterocycles. The van der Waals surface area contributed by atoms with Crippen molar-refractivity contribution in [1.29, 1.82) is 0 Å². The molecule has 2 rings (SSSR count). The topological polar surface area (TPSA) is 64.1 Å². The van der Waals surface area contributed by atoms with Gasteiger partial charge in [-0.25, -0.2) is 0 Å². The summed E-state index contributed by atoms with van der Waals surface area (Å²) in [7, 11) is 0. The average Bonchev–Trinajstić information content (AvgIpc) is 2.95. The molecule has 1 atom stereocenters. The molecule has 2 heterocycles. The minimum Gasteiger partial charge on any atom is -0.472 e. The molecule has 5 heteroatoms. The first kappa shape index (κ1) is 11.9. The molecule has 5 nitrogen and oxygen atoms in total. The third-order valence-corrected chi connectivity index (χ3v) is 2.47. The molecule has 2 aromatic heterocycles. The van der Waals surface area contributed by atoms with Gasteiger partial charge in [-0.2, -0.15) is 4.98 Å². The molecular formula is C12H17N3O2. The van der Waals surface area contributed by atoms with Gasteiger partial charge >= 0.3 is 0 Å². The van der Waals surface area contributed by atoms with Crippen LogP contribution in [0.1, 0.15) is 26.2 Å².